The van der Waals surface area contributed by atoms with Crippen molar-refractivity contribution in [1.82, 2.24) is 4.57 Å². The summed E-state index contributed by atoms with van der Waals surface area (Å²) < 4.78 is 6.83. The van der Waals surface area contributed by atoms with E-state index in [1.165, 1.54) is 22.9 Å². The Hall–Kier alpha value is -1.11. The van der Waals surface area contributed by atoms with Crippen LogP contribution in [0.2, 0.25) is 0 Å². The van der Waals surface area contributed by atoms with Crippen molar-refractivity contribution in [3.05, 3.63) is 28.7 Å². The molecular weight excluding hydrogens is 233 g/mol. The summed E-state index contributed by atoms with van der Waals surface area (Å²) >= 11 is 0. The summed E-state index contributed by atoms with van der Waals surface area (Å²) in [5.74, 6) is 0. The number of pyridine rings is 1. The van der Waals surface area contributed by atoms with Crippen LogP contribution in [0.4, 0.5) is 0 Å². The summed E-state index contributed by atoms with van der Waals surface area (Å²) in [6.45, 7) is 6.61. The molecule has 0 aliphatic heterocycles. The van der Waals surface area contributed by atoms with Gasteiger partial charge >= 0.3 is 7.12 Å². The van der Waals surface area contributed by atoms with Gasteiger partial charge in [-0.25, -0.2) is 0 Å². The number of rotatable bonds is 4. The molecule has 1 rings (SSSR count). The van der Waals surface area contributed by atoms with Crippen molar-refractivity contribution >= 4 is 12.6 Å². The summed E-state index contributed by atoms with van der Waals surface area (Å²) in [5, 5.41) is 19.9. The Morgan fingerprint density at radius 2 is 1.83 bits per heavy atom. The van der Waals surface area contributed by atoms with Gasteiger partial charge in [0.05, 0.1) is 11.2 Å². The van der Waals surface area contributed by atoms with Gasteiger partial charge in [0.1, 0.15) is 0 Å². The minimum absolute atomic E-state index is 0.160. The summed E-state index contributed by atoms with van der Waals surface area (Å²) in [7, 11) is 0.401. The van der Waals surface area contributed by atoms with Crippen LogP contribution in [0.3, 0.4) is 0 Å². The van der Waals surface area contributed by atoms with E-state index in [1.54, 1.807) is 34.7 Å². The zero-order valence-electron chi connectivity index (χ0n) is 11.5. The first-order chi connectivity index (χ1) is 8.04. The normalized spacial score (nSPS) is 12.6. The standard InChI is InChI=1S/C12H20BNO4/c1-11(2,16)12(3,4)18-13(17)9-6-7-10(15)14(5)8-9/h6-8,16-17H,1-5H3. The highest BCUT2D eigenvalue weighted by molar-refractivity contribution is 6.60. The fourth-order valence-corrected chi connectivity index (χ4v) is 1.25. The molecule has 5 nitrogen and oxygen atoms in total. The van der Waals surface area contributed by atoms with E-state index in [0.29, 0.717) is 5.46 Å². The van der Waals surface area contributed by atoms with Crippen LogP contribution in [0, 0.1) is 0 Å². The number of hydrogen-bond donors (Lipinski definition) is 2. The molecule has 0 radical (unpaired) electrons. The molecule has 0 fully saturated rings. The smallest absolute Gasteiger partial charge is 0.423 e. The van der Waals surface area contributed by atoms with Crippen LogP contribution >= 0.6 is 0 Å². The minimum Gasteiger partial charge on any atom is -0.423 e. The maximum atomic E-state index is 11.2. The van der Waals surface area contributed by atoms with E-state index < -0.39 is 18.3 Å². The highest BCUT2D eigenvalue weighted by Crippen LogP contribution is 2.25. The largest absolute Gasteiger partial charge is 0.493 e. The van der Waals surface area contributed by atoms with Gasteiger partial charge in [-0.2, -0.15) is 0 Å². The molecule has 0 unspecified atom stereocenters. The maximum Gasteiger partial charge on any atom is 0.493 e. The van der Waals surface area contributed by atoms with Crippen molar-refractivity contribution in [1.29, 1.82) is 0 Å². The van der Waals surface area contributed by atoms with Crippen LogP contribution < -0.4 is 11.0 Å². The maximum absolute atomic E-state index is 11.2. The SMILES string of the molecule is Cn1cc(B(O)OC(C)(C)C(C)(C)O)ccc1=O. The Kier molecular flexibility index (Phi) is 4.05. The predicted octanol–water partition coefficient (Wildman–Crippen LogP) is -0.361. The summed E-state index contributed by atoms with van der Waals surface area (Å²) in [6, 6.07) is 2.87. The van der Waals surface area contributed by atoms with Crippen LogP contribution in [0.5, 0.6) is 0 Å². The lowest BCUT2D eigenvalue weighted by Gasteiger charge is -2.38. The third-order valence-electron chi connectivity index (χ3n) is 3.27. The van der Waals surface area contributed by atoms with E-state index in [1.807, 2.05) is 0 Å². The van der Waals surface area contributed by atoms with E-state index in [0.717, 1.165) is 0 Å². The number of hydrogen-bond acceptors (Lipinski definition) is 4. The fourth-order valence-electron chi connectivity index (χ4n) is 1.25. The van der Waals surface area contributed by atoms with Gasteiger partial charge in [-0.3, -0.25) is 4.79 Å². The second-order valence-corrected chi connectivity index (χ2v) is 5.45. The van der Waals surface area contributed by atoms with Gasteiger partial charge in [0.15, 0.2) is 0 Å². The average molecular weight is 253 g/mol. The second-order valence-electron chi connectivity index (χ2n) is 5.45. The van der Waals surface area contributed by atoms with Crippen molar-refractivity contribution in [2.45, 2.75) is 38.9 Å². The molecule has 0 saturated carbocycles. The van der Waals surface area contributed by atoms with Gasteiger partial charge in [-0.15, -0.1) is 0 Å². The lowest BCUT2D eigenvalue weighted by atomic mass is 9.77. The molecule has 0 amide bonds. The lowest BCUT2D eigenvalue weighted by molar-refractivity contribution is -0.0982. The lowest BCUT2D eigenvalue weighted by Crippen LogP contribution is -2.53. The van der Waals surface area contributed by atoms with Crippen LogP contribution in [0.25, 0.3) is 0 Å². The van der Waals surface area contributed by atoms with Crippen molar-refractivity contribution in [2.24, 2.45) is 7.05 Å². The molecule has 0 atom stereocenters. The molecule has 1 aromatic heterocycles. The molecule has 0 bridgehead atoms. The molecular formula is C12H20BNO4. The number of aromatic nitrogens is 1. The Bertz CT molecular complexity index is 476. The van der Waals surface area contributed by atoms with Crippen molar-refractivity contribution in [3.8, 4) is 0 Å². The summed E-state index contributed by atoms with van der Waals surface area (Å²) in [5.41, 5.74) is -1.72. The Morgan fingerprint density at radius 3 is 2.28 bits per heavy atom. The van der Waals surface area contributed by atoms with Gasteiger partial charge in [0.2, 0.25) is 5.56 Å². The van der Waals surface area contributed by atoms with Crippen molar-refractivity contribution < 1.29 is 14.8 Å². The zero-order chi connectivity index (χ0) is 14.1. The van der Waals surface area contributed by atoms with Gasteiger partial charge < -0.3 is 19.4 Å². The van der Waals surface area contributed by atoms with Crippen LogP contribution in [0.1, 0.15) is 27.7 Å². The van der Waals surface area contributed by atoms with Crippen molar-refractivity contribution in [2.75, 3.05) is 0 Å². The van der Waals surface area contributed by atoms with Gasteiger partial charge in [-0.05, 0) is 33.2 Å². The third-order valence-corrected chi connectivity index (χ3v) is 3.27. The highest BCUT2D eigenvalue weighted by Gasteiger charge is 2.39. The summed E-state index contributed by atoms with van der Waals surface area (Å²) in [6.07, 6.45) is 1.51. The Labute approximate surface area is 107 Å². The minimum atomic E-state index is -1.20. The molecule has 1 heterocycles. The predicted molar refractivity (Wildman–Crippen MR) is 70.8 cm³/mol. The van der Waals surface area contributed by atoms with Gasteiger partial charge in [0.25, 0.3) is 0 Å². The Morgan fingerprint density at radius 1 is 1.28 bits per heavy atom. The number of nitrogens with zero attached hydrogens (tertiary/aromatic N) is 1. The monoisotopic (exact) mass is 253 g/mol. The number of aryl methyl sites for hydroxylation is 1. The summed E-state index contributed by atoms with van der Waals surface area (Å²) in [4.78, 5) is 11.2. The van der Waals surface area contributed by atoms with E-state index >= 15 is 0 Å². The first-order valence-electron chi connectivity index (χ1n) is 5.79. The van der Waals surface area contributed by atoms with Crippen LogP contribution in [-0.4, -0.2) is 33.0 Å². The van der Waals surface area contributed by atoms with E-state index in [2.05, 4.69) is 0 Å². The van der Waals surface area contributed by atoms with E-state index in [9.17, 15) is 14.9 Å². The molecule has 1 aromatic rings. The topological polar surface area (TPSA) is 71.7 Å². The van der Waals surface area contributed by atoms with Crippen LogP contribution in [0.15, 0.2) is 23.1 Å². The van der Waals surface area contributed by atoms with E-state index in [-0.39, 0.29) is 5.56 Å². The highest BCUT2D eigenvalue weighted by atomic mass is 16.5. The molecule has 0 aliphatic carbocycles. The first kappa shape index (κ1) is 15.0. The third kappa shape index (κ3) is 3.22. The average Bonchev–Trinajstić information content (AvgIpc) is 2.19. The van der Waals surface area contributed by atoms with Gasteiger partial charge in [0, 0.05) is 19.3 Å². The number of aliphatic hydroxyl groups is 1. The van der Waals surface area contributed by atoms with E-state index in [4.69, 9.17) is 4.65 Å². The van der Waals surface area contributed by atoms with Crippen molar-refractivity contribution in [3.63, 3.8) is 0 Å². The molecule has 0 aliphatic rings. The molecule has 0 aromatic carbocycles. The molecule has 100 valence electrons. The first-order valence-corrected chi connectivity index (χ1v) is 5.79. The molecule has 0 spiro atoms. The fraction of sp³-hybridized carbons (Fsp3) is 0.583. The molecule has 18 heavy (non-hydrogen) atoms. The van der Waals surface area contributed by atoms with Gasteiger partial charge in [-0.1, -0.05) is 6.07 Å². The zero-order valence-corrected chi connectivity index (χ0v) is 11.5. The second kappa shape index (κ2) is 4.88. The Balaban J connectivity index is 2.92. The quantitative estimate of drug-likeness (QED) is 0.719. The molecule has 2 N–H and O–H groups in total. The molecule has 0 saturated heterocycles. The molecule has 6 heteroatoms. The van der Waals surface area contributed by atoms with Crippen LogP contribution in [-0.2, 0) is 11.7 Å².